The molecule has 1 aromatic rings. The van der Waals surface area contributed by atoms with Crippen molar-refractivity contribution in [1.29, 1.82) is 0 Å². The molecule has 0 saturated heterocycles. The van der Waals surface area contributed by atoms with Crippen molar-refractivity contribution in [2.75, 3.05) is 22.8 Å². The summed E-state index contributed by atoms with van der Waals surface area (Å²) >= 11 is 5.96. The van der Waals surface area contributed by atoms with Gasteiger partial charge in [0.25, 0.3) is 0 Å². The van der Waals surface area contributed by atoms with Gasteiger partial charge in [0.1, 0.15) is 0 Å². The fourth-order valence-corrected chi connectivity index (χ4v) is 2.38. The van der Waals surface area contributed by atoms with Gasteiger partial charge in [-0.1, -0.05) is 18.5 Å². The predicted molar refractivity (Wildman–Crippen MR) is 81.4 cm³/mol. The molecule has 0 radical (unpaired) electrons. The minimum atomic E-state index is -3.39. The van der Waals surface area contributed by atoms with Gasteiger partial charge in [0.15, 0.2) is 0 Å². The van der Waals surface area contributed by atoms with Gasteiger partial charge in [-0.2, -0.15) is 0 Å². The summed E-state index contributed by atoms with van der Waals surface area (Å²) in [6.45, 7) is 2.22. The van der Waals surface area contributed by atoms with E-state index < -0.39 is 10.0 Å². The molecule has 20 heavy (non-hydrogen) atoms. The van der Waals surface area contributed by atoms with Gasteiger partial charge in [-0.05, 0) is 31.2 Å². The zero-order valence-electron chi connectivity index (χ0n) is 11.3. The Morgan fingerprint density at radius 1 is 1.45 bits per heavy atom. The molecule has 1 rings (SSSR count). The van der Waals surface area contributed by atoms with E-state index in [0.717, 1.165) is 6.26 Å². The average Bonchev–Trinajstić information content (AvgIpc) is 2.31. The topological polar surface area (TPSA) is 101 Å². The number of anilines is 2. The molecule has 0 saturated carbocycles. The largest absolute Gasteiger partial charge is 0.330 e. The number of nitrogens with two attached hydrogens (primary N) is 1. The van der Waals surface area contributed by atoms with Gasteiger partial charge in [0.05, 0.1) is 17.0 Å². The van der Waals surface area contributed by atoms with Crippen LogP contribution in [0, 0.1) is 5.92 Å². The summed E-state index contributed by atoms with van der Waals surface area (Å²) in [5.74, 6) is -0.358. The molecule has 0 bridgehead atoms. The van der Waals surface area contributed by atoms with Crippen LogP contribution >= 0.6 is 11.6 Å². The smallest absolute Gasteiger partial charge is 0.229 e. The van der Waals surface area contributed by atoms with Crippen LogP contribution in [-0.2, 0) is 14.8 Å². The van der Waals surface area contributed by atoms with Crippen LogP contribution in [0.1, 0.15) is 13.3 Å². The highest BCUT2D eigenvalue weighted by molar-refractivity contribution is 7.92. The van der Waals surface area contributed by atoms with E-state index in [1.807, 2.05) is 0 Å². The Kier molecular flexibility index (Phi) is 5.79. The van der Waals surface area contributed by atoms with E-state index in [1.165, 1.54) is 12.1 Å². The molecule has 0 spiro atoms. The van der Waals surface area contributed by atoms with Gasteiger partial charge < -0.3 is 11.1 Å². The van der Waals surface area contributed by atoms with E-state index in [2.05, 4.69) is 10.0 Å². The Morgan fingerprint density at radius 3 is 2.60 bits per heavy atom. The van der Waals surface area contributed by atoms with Crippen molar-refractivity contribution < 1.29 is 13.2 Å². The second-order valence-corrected chi connectivity index (χ2v) is 6.69. The number of benzene rings is 1. The maximum atomic E-state index is 11.8. The first-order valence-corrected chi connectivity index (χ1v) is 8.28. The summed E-state index contributed by atoms with van der Waals surface area (Å²) in [7, 11) is -3.39. The molecule has 0 aliphatic carbocycles. The molecular formula is C12H18ClN3O3S. The van der Waals surface area contributed by atoms with Crippen LogP contribution in [-0.4, -0.2) is 27.1 Å². The summed E-state index contributed by atoms with van der Waals surface area (Å²) in [6.07, 6.45) is 1.63. The Hall–Kier alpha value is -1.31. The van der Waals surface area contributed by atoms with Gasteiger partial charge in [-0.3, -0.25) is 9.52 Å². The fourth-order valence-electron chi connectivity index (χ4n) is 1.52. The van der Waals surface area contributed by atoms with E-state index in [0.29, 0.717) is 18.7 Å². The van der Waals surface area contributed by atoms with Crippen molar-refractivity contribution in [3.05, 3.63) is 23.2 Å². The van der Waals surface area contributed by atoms with E-state index >= 15 is 0 Å². The third kappa shape index (κ3) is 5.36. The Morgan fingerprint density at radius 2 is 2.10 bits per heavy atom. The van der Waals surface area contributed by atoms with Crippen LogP contribution < -0.4 is 15.8 Å². The predicted octanol–water partition coefficient (Wildman–Crippen LogP) is 1.63. The van der Waals surface area contributed by atoms with E-state index in [1.54, 1.807) is 13.0 Å². The van der Waals surface area contributed by atoms with Gasteiger partial charge in [0, 0.05) is 11.6 Å². The molecule has 1 atom stereocenters. The normalized spacial score (nSPS) is 12.8. The molecule has 8 heteroatoms. The summed E-state index contributed by atoms with van der Waals surface area (Å²) in [4.78, 5) is 11.8. The third-order valence-electron chi connectivity index (χ3n) is 2.58. The lowest BCUT2D eigenvalue weighted by molar-refractivity contribution is -0.119. The molecule has 1 unspecified atom stereocenters. The van der Waals surface area contributed by atoms with E-state index in [9.17, 15) is 13.2 Å². The van der Waals surface area contributed by atoms with Crippen molar-refractivity contribution in [1.82, 2.24) is 0 Å². The Balaban J connectivity index is 2.80. The zero-order chi connectivity index (χ0) is 15.3. The highest BCUT2D eigenvalue weighted by Crippen LogP contribution is 2.26. The number of carbonyl (C=O) groups excluding carboxylic acids is 1. The first-order chi connectivity index (χ1) is 9.23. The van der Waals surface area contributed by atoms with Gasteiger partial charge in [0.2, 0.25) is 15.9 Å². The second-order valence-electron chi connectivity index (χ2n) is 4.54. The molecule has 1 aromatic carbocycles. The highest BCUT2D eigenvalue weighted by atomic mass is 35.5. The summed E-state index contributed by atoms with van der Waals surface area (Å²) in [5.41, 5.74) is 6.17. The lowest BCUT2D eigenvalue weighted by Gasteiger charge is -2.12. The van der Waals surface area contributed by atoms with Crippen molar-refractivity contribution in [3.63, 3.8) is 0 Å². The van der Waals surface area contributed by atoms with Crippen LogP contribution in [0.2, 0.25) is 5.02 Å². The Labute approximate surface area is 123 Å². The molecule has 0 aromatic heterocycles. The minimum Gasteiger partial charge on any atom is -0.330 e. The van der Waals surface area contributed by atoms with Crippen molar-refractivity contribution in [3.8, 4) is 0 Å². The molecule has 112 valence electrons. The van der Waals surface area contributed by atoms with Crippen LogP contribution in [0.25, 0.3) is 0 Å². The SMILES string of the molecule is CC(CCN)C(=O)Nc1ccc(NS(C)(=O)=O)c(Cl)c1. The number of hydrogen-bond acceptors (Lipinski definition) is 4. The van der Waals surface area contributed by atoms with Crippen LogP contribution in [0.4, 0.5) is 11.4 Å². The number of amides is 1. The first-order valence-electron chi connectivity index (χ1n) is 6.01. The fraction of sp³-hybridized carbons (Fsp3) is 0.417. The van der Waals surface area contributed by atoms with Crippen LogP contribution in [0.3, 0.4) is 0 Å². The zero-order valence-corrected chi connectivity index (χ0v) is 12.9. The number of halogens is 1. The van der Waals surface area contributed by atoms with Gasteiger partial charge >= 0.3 is 0 Å². The van der Waals surface area contributed by atoms with E-state index in [-0.39, 0.29) is 22.5 Å². The number of nitrogens with one attached hydrogen (secondary N) is 2. The number of rotatable bonds is 6. The standard InChI is InChI=1S/C12H18ClN3O3S/c1-8(5-6-14)12(17)15-9-3-4-11(10(13)7-9)16-20(2,18)19/h3-4,7-8,16H,5-6,14H2,1-2H3,(H,15,17). The molecule has 0 aliphatic heterocycles. The number of hydrogen-bond donors (Lipinski definition) is 3. The lowest BCUT2D eigenvalue weighted by atomic mass is 10.1. The number of carbonyl (C=O) groups is 1. The summed E-state index contributed by atoms with van der Waals surface area (Å²) < 4.78 is 24.5. The summed E-state index contributed by atoms with van der Waals surface area (Å²) in [6, 6.07) is 4.56. The minimum absolute atomic E-state index is 0.157. The third-order valence-corrected chi connectivity index (χ3v) is 3.48. The number of sulfonamides is 1. The highest BCUT2D eigenvalue weighted by Gasteiger charge is 2.13. The molecule has 0 heterocycles. The molecule has 6 nitrogen and oxygen atoms in total. The van der Waals surface area contributed by atoms with Crippen molar-refractivity contribution >= 4 is 38.9 Å². The van der Waals surface area contributed by atoms with Gasteiger partial charge in [-0.25, -0.2) is 8.42 Å². The van der Waals surface area contributed by atoms with Crippen molar-refractivity contribution in [2.24, 2.45) is 11.7 Å². The Bertz CT molecular complexity index is 590. The lowest BCUT2D eigenvalue weighted by Crippen LogP contribution is -2.22. The van der Waals surface area contributed by atoms with Gasteiger partial charge in [-0.15, -0.1) is 0 Å². The molecule has 0 fully saturated rings. The maximum Gasteiger partial charge on any atom is 0.229 e. The maximum absolute atomic E-state index is 11.8. The molecule has 1 amide bonds. The molecule has 4 N–H and O–H groups in total. The average molecular weight is 320 g/mol. The molecular weight excluding hydrogens is 302 g/mol. The monoisotopic (exact) mass is 319 g/mol. The second kappa shape index (κ2) is 6.92. The quantitative estimate of drug-likeness (QED) is 0.741. The van der Waals surface area contributed by atoms with Crippen molar-refractivity contribution in [2.45, 2.75) is 13.3 Å². The van der Waals surface area contributed by atoms with E-state index in [4.69, 9.17) is 17.3 Å². The molecule has 0 aliphatic rings. The van der Waals surface area contributed by atoms with Crippen LogP contribution in [0.5, 0.6) is 0 Å². The van der Waals surface area contributed by atoms with Crippen LogP contribution in [0.15, 0.2) is 18.2 Å². The summed E-state index contributed by atoms with van der Waals surface area (Å²) in [5, 5.41) is 2.91. The first kappa shape index (κ1) is 16.7.